The quantitative estimate of drug-likeness (QED) is 0.458. The minimum atomic E-state index is -1.96. The SMILES string of the molecule is Cc1ccc(C(=O)CO[Si](C)(C)C(C)(C)C)c(OCc2ccccc2)c1. The molecule has 0 saturated heterocycles. The Labute approximate surface area is 158 Å². The van der Waals surface area contributed by atoms with Gasteiger partial charge in [0.15, 0.2) is 14.1 Å². The lowest BCUT2D eigenvalue weighted by atomic mass is 10.1. The maximum absolute atomic E-state index is 12.8. The van der Waals surface area contributed by atoms with Crippen molar-refractivity contribution in [3.8, 4) is 5.75 Å². The Morgan fingerprint density at radius 3 is 2.31 bits per heavy atom. The van der Waals surface area contributed by atoms with E-state index in [0.29, 0.717) is 17.9 Å². The first-order valence-corrected chi connectivity index (χ1v) is 12.0. The first-order valence-electron chi connectivity index (χ1n) is 9.05. The van der Waals surface area contributed by atoms with E-state index in [9.17, 15) is 4.79 Å². The number of Topliss-reactive ketones (excluding diaryl/α,β-unsaturated/α-hetero) is 1. The van der Waals surface area contributed by atoms with E-state index >= 15 is 0 Å². The molecule has 2 aromatic rings. The summed E-state index contributed by atoms with van der Waals surface area (Å²) in [7, 11) is -1.96. The molecule has 0 aromatic heterocycles. The molecule has 0 aliphatic heterocycles. The van der Waals surface area contributed by atoms with Crippen molar-refractivity contribution in [2.24, 2.45) is 0 Å². The molecule has 0 aliphatic rings. The number of carbonyl (C=O) groups excluding carboxylic acids is 1. The van der Waals surface area contributed by atoms with Crippen LogP contribution in [0.3, 0.4) is 0 Å². The molecule has 140 valence electrons. The largest absolute Gasteiger partial charge is 0.488 e. The van der Waals surface area contributed by atoms with Crippen molar-refractivity contribution in [1.82, 2.24) is 0 Å². The fraction of sp³-hybridized carbons (Fsp3) is 0.409. The van der Waals surface area contributed by atoms with Gasteiger partial charge in [-0.3, -0.25) is 4.79 Å². The molecule has 0 aliphatic carbocycles. The van der Waals surface area contributed by atoms with Crippen molar-refractivity contribution in [2.75, 3.05) is 6.61 Å². The molecule has 0 heterocycles. The molecule has 0 spiro atoms. The fourth-order valence-corrected chi connectivity index (χ4v) is 3.18. The Bertz CT molecular complexity index is 746. The van der Waals surface area contributed by atoms with Gasteiger partial charge in [0.1, 0.15) is 12.4 Å². The maximum Gasteiger partial charge on any atom is 0.192 e. The van der Waals surface area contributed by atoms with E-state index < -0.39 is 8.32 Å². The van der Waals surface area contributed by atoms with Crippen LogP contribution in [0.15, 0.2) is 48.5 Å². The second-order valence-electron chi connectivity index (χ2n) is 8.25. The highest BCUT2D eigenvalue weighted by molar-refractivity contribution is 6.74. The van der Waals surface area contributed by atoms with Crippen LogP contribution < -0.4 is 4.74 Å². The van der Waals surface area contributed by atoms with Crippen LogP contribution in [0, 0.1) is 6.92 Å². The third-order valence-electron chi connectivity index (χ3n) is 5.04. The van der Waals surface area contributed by atoms with Crippen molar-refractivity contribution < 1.29 is 14.0 Å². The Hall–Kier alpha value is -1.91. The van der Waals surface area contributed by atoms with Gasteiger partial charge in [0, 0.05) is 0 Å². The lowest BCUT2D eigenvalue weighted by Gasteiger charge is -2.35. The minimum Gasteiger partial charge on any atom is -0.488 e. The predicted octanol–water partition coefficient (Wildman–Crippen LogP) is 5.78. The third-order valence-corrected chi connectivity index (χ3v) is 9.52. The zero-order valence-corrected chi connectivity index (χ0v) is 17.8. The Morgan fingerprint density at radius 2 is 1.69 bits per heavy atom. The first-order chi connectivity index (χ1) is 12.1. The van der Waals surface area contributed by atoms with E-state index in [1.54, 1.807) is 0 Å². The average Bonchev–Trinajstić information content (AvgIpc) is 2.58. The van der Waals surface area contributed by atoms with E-state index in [-0.39, 0.29) is 17.4 Å². The van der Waals surface area contributed by atoms with Crippen LogP contribution in [0.1, 0.15) is 42.3 Å². The normalized spacial score (nSPS) is 12.1. The molecule has 2 aromatic carbocycles. The summed E-state index contributed by atoms with van der Waals surface area (Å²) in [6, 6.07) is 15.7. The lowest BCUT2D eigenvalue weighted by Crippen LogP contribution is -2.42. The smallest absolute Gasteiger partial charge is 0.192 e. The van der Waals surface area contributed by atoms with Crippen molar-refractivity contribution in [3.05, 3.63) is 65.2 Å². The second-order valence-corrected chi connectivity index (χ2v) is 13.1. The lowest BCUT2D eigenvalue weighted by molar-refractivity contribution is 0.0906. The van der Waals surface area contributed by atoms with Gasteiger partial charge >= 0.3 is 0 Å². The molecule has 26 heavy (non-hydrogen) atoms. The number of hydrogen-bond donors (Lipinski definition) is 0. The predicted molar refractivity (Wildman–Crippen MR) is 109 cm³/mol. The summed E-state index contributed by atoms with van der Waals surface area (Å²) >= 11 is 0. The number of carbonyl (C=O) groups is 1. The number of rotatable bonds is 7. The third kappa shape index (κ3) is 5.29. The van der Waals surface area contributed by atoms with Crippen LogP contribution in [0.5, 0.6) is 5.75 Å². The maximum atomic E-state index is 12.8. The van der Waals surface area contributed by atoms with Gasteiger partial charge in [-0.15, -0.1) is 0 Å². The van der Waals surface area contributed by atoms with E-state index in [0.717, 1.165) is 11.1 Å². The standard InChI is InChI=1S/C22H30O3Si/c1-17-12-13-19(20(23)16-25-26(5,6)22(2,3)4)21(14-17)24-15-18-10-8-7-9-11-18/h7-14H,15-16H2,1-6H3. The van der Waals surface area contributed by atoms with Gasteiger partial charge in [-0.25, -0.2) is 0 Å². The van der Waals surface area contributed by atoms with E-state index in [2.05, 4.69) is 33.9 Å². The van der Waals surface area contributed by atoms with Crippen LogP contribution in [0.2, 0.25) is 18.1 Å². The summed E-state index contributed by atoms with van der Waals surface area (Å²) in [5, 5.41) is 0.0766. The summed E-state index contributed by atoms with van der Waals surface area (Å²) in [5.41, 5.74) is 2.73. The number of ether oxygens (including phenoxy) is 1. The molecule has 0 bridgehead atoms. The van der Waals surface area contributed by atoms with Crippen LogP contribution in [0.25, 0.3) is 0 Å². The van der Waals surface area contributed by atoms with Crippen molar-refractivity contribution in [3.63, 3.8) is 0 Å². The van der Waals surface area contributed by atoms with E-state index in [1.165, 1.54) is 0 Å². The zero-order valence-electron chi connectivity index (χ0n) is 16.8. The highest BCUT2D eigenvalue weighted by Gasteiger charge is 2.37. The van der Waals surface area contributed by atoms with Crippen molar-refractivity contribution in [2.45, 2.75) is 52.4 Å². The zero-order chi connectivity index (χ0) is 19.4. The molecule has 3 nitrogen and oxygen atoms in total. The molecule has 0 amide bonds. The Kier molecular flexibility index (Phi) is 6.42. The van der Waals surface area contributed by atoms with E-state index in [4.69, 9.17) is 9.16 Å². The van der Waals surface area contributed by atoms with Crippen molar-refractivity contribution >= 4 is 14.1 Å². The number of hydrogen-bond acceptors (Lipinski definition) is 3. The molecule has 2 rings (SSSR count). The number of aryl methyl sites for hydroxylation is 1. The number of benzene rings is 2. The topological polar surface area (TPSA) is 35.5 Å². The summed E-state index contributed by atoms with van der Waals surface area (Å²) < 4.78 is 12.1. The summed E-state index contributed by atoms with van der Waals surface area (Å²) in [5.74, 6) is 0.593. The van der Waals surface area contributed by atoms with Crippen LogP contribution in [0.4, 0.5) is 0 Å². The van der Waals surface area contributed by atoms with Gasteiger partial charge in [-0.2, -0.15) is 0 Å². The fourth-order valence-electron chi connectivity index (χ4n) is 2.25. The molecule has 0 unspecified atom stereocenters. The molecular formula is C22H30O3Si. The Balaban J connectivity index is 2.12. The average molecular weight is 371 g/mol. The molecular weight excluding hydrogens is 340 g/mol. The molecule has 0 atom stereocenters. The van der Waals surface area contributed by atoms with Crippen LogP contribution >= 0.6 is 0 Å². The minimum absolute atomic E-state index is 0.0297. The Morgan fingerprint density at radius 1 is 1.04 bits per heavy atom. The highest BCUT2D eigenvalue weighted by Crippen LogP contribution is 2.36. The van der Waals surface area contributed by atoms with Crippen LogP contribution in [-0.2, 0) is 11.0 Å². The number of ketones is 1. The van der Waals surface area contributed by atoms with Gasteiger partial charge < -0.3 is 9.16 Å². The highest BCUT2D eigenvalue weighted by atomic mass is 28.4. The molecule has 0 N–H and O–H groups in total. The van der Waals surface area contributed by atoms with E-state index in [1.807, 2.05) is 55.5 Å². The van der Waals surface area contributed by atoms with Crippen molar-refractivity contribution in [1.29, 1.82) is 0 Å². The molecule has 0 fully saturated rings. The van der Waals surface area contributed by atoms with Gasteiger partial charge in [-0.05, 0) is 48.3 Å². The van der Waals surface area contributed by atoms with Gasteiger partial charge in [-0.1, -0.05) is 57.2 Å². The van der Waals surface area contributed by atoms with Gasteiger partial charge in [0.25, 0.3) is 0 Å². The van der Waals surface area contributed by atoms with Gasteiger partial charge in [0.05, 0.1) is 12.2 Å². The molecule has 0 saturated carbocycles. The molecule has 0 radical (unpaired) electrons. The summed E-state index contributed by atoms with van der Waals surface area (Å²) in [6.45, 7) is 13.4. The van der Waals surface area contributed by atoms with Gasteiger partial charge in [0.2, 0.25) is 0 Å². The monoisotopic (exact) mass is 370 g/mol. The summed E-state index contributed by atoms with van der Waals surface area (Å²) in [4.78, 5) is 12.8. The molecule has 4 heteroatoms. The first kappa shape index (κ1) is 20.4. The van der Waals surface area contributed by atoms with Crippen LogP contribution in [-0.4, -0.2) is 20.7 Å². The second kappa shape index (κ2) is 8.19. The summed E-state index contributed by atoms with van der Waals surface area (Å²) in [6.07, 6.45) is 0.